The molecule has 0 saturated carbocycles. The number of halogens is 1. The Bertz CT molecular complexity index is 761. The summed E-state index contributed by atoms with van der Waals surface area (Å²) in [6.07, 6.45) is 0.452. The summed E-state index contributed by atoms with van der Waals surface area (Å²) in [5.41, 5.74) is 2.86. The summed E-state index contributed by atoms with van der Waals surface area (Å²) >= 11 is 6.47. The smallest absolute Gasteiger partial charge is 0.162 e. The van der Waals surface area contributed by atoms with Crippen molar-refractivity contribution in [1.82, 2.24) is 14.7 Å². The molecule has 1 aromatic carbocycles. The number of rotatable bonds is 6. The van der Waals surface area contributed by atoms with E-state index in [0.29, 0.717) is 23.1 Å². The van der Waals surface area contributed by atoms with Gasteiger partial charge in [-0.25, -0.2) is 0 Å². The molecule has 26 heavy (non-hydrogen) atoms. The molecular weight excluding hydrogens is 354 g/mol. The zero-order valence-electron chi connectivity index (χ0n) is 15.5. The van der Waals surface area contributed by atoms with Crippen molar-refractivity contribution in [3.63, 3.8) is 0 Å². The zero-order chi connectivity index (χ0) is 18.7. The Morgan fingerprint density at radius 3 is 2.77 bits per heavy atom. The van der Waals surface area contributed by atoms with Crippen molar-refractivity contribution in [2.45, 2.75) is 46.0 Å². The Balaban J connectivity index is 1.80. The summed E-state index contributed by atoms with van der Waals surface area (Å²) in [5.74, 6) is 1.36. The number of methoxy groups -OCH3 is 1. The lowest BCUT2D eigenvalue weighted by Gasteiger charge is -2.21. The summed E-state index contributed by atoms with van der Waals surface area (Å²) in [6.45, 7) is 7.57. The number of hydrogen-bond donors (Lipinski definition) is 1. The SMILES string of the molecule is CCOc1cc(CN2CCCn3nc([C@@H](C)O)cc3C2)c(Cl)cc1OC. The van der Waals surface area contributed by atoms with E-state index in [1.165, 1.54) is 0 Å². The highest BCUT2D eigenvalue weighted by molar-refractivity contribution is 6.31. The van der Waals surface area contributed by atoms with Crippen molar-refractivity contribution in [1.29, 1.82) is 0 Å². The molecule has 0 unspecified atom stereocenters. The van der Waals surface area contributed by atoms with E-state index in [-0.39, 0.29) is 0 Å². The molecule has 1 aliphatic rings. The van der Waals surface area contributed by atoms with Gasteiger partial charge in [-0.1, -0.05) is 11.6 Å². The Hall–Kier alpha value is -1.76. The average Bonchev–Trinajstić information content (AvgIpc) is 2.91. The third-order valence-corrected chi connectivity index (χ3v) is 4.92. The lowest BCUT2D eigenvalue weighted by molar-refractivity contribution is 0.193. The standard InChI is InChI=1S/C19H26ClN3O3/c1-4-26-19-8-14(16(20)10-18(19)25-3)11-22-6-5-7-23-15(12-22)9-17(21-23)13(2)24/h8-10,13,24H,4-7,11-12H2,1-3H3/t13-/m1/s1. The third-order valence-electron chi connectivity index (χ3n) is 4.57. The van der Waals surface area contributed by atoms with Gasteiger partial charge in [0.05, 0.1) is 31.2 Å². The normalized spacial score (nSPS) is 16.0. The van der Waals surface area contributed by atoms with Crippen molar-refractivity contribution in [3.05, 3.63) is 40.2 Å². The van der Waals surface area contributed by atoms with E-state index in [2.05, 4.69) is 10.00 Å². The van der Waals surface area contributed by atoms with Gasteiger partial charge in [0.15, 0.2) is 11.5 Å². The van der Waals surface area contributed by atoms with Crippen LogP contribution >= 0.6 is 11.6 Å². The first-order valence-electron chi connectivity index (χ1n) is 8.98. The third kappa shape index (κ3) is 4.14. The minimum absolute atomic E-state index is 0.548. The average molecular weight is 380 g/mol. The molecule has 0 radical (unpaired) electrons. The number of fused-ring (bicyclic) bond motifs is 1. The van der Waals surface area contributed by atoms with E-state index >= 15 is 0 Å². The Morgan fingerprint density at radius 1 is 1.27 bits per heavy atom. The van der Waals surface area contributed by atoms with Crippen LogP contribution < -0.4 is 9.47 Å². The van der Waals surface area contributed by atoms with Gasteiger partial charge < -0.3 is 14.6 Å². The topological polar surface area (TPSA) is 59.8 Å². The summed E-state index contributed by atoms with van der Waals surface area (Å²) in [5, 5.41) is 15.0. The van der Waals surface area contributed by atoms with E-state index in [1.54, 1.807) is 14.0 Å². The lowest BCUT2D eigenvalue weighted by atomic mass is 10.1. The maximum absolute atomic E-state index is 9.78. The van der Waals surface area contributed by atoms with Crippen LogP contribution in [0.5, 0.6) is 11.5 Å². The van der Waals surface area contributed by atoms with Crippen LogP contribution in [0.4, 0.5) is 0 Å². The number of aliphatic hydroxyl groups is 1. The fourth-order valence-electron chi connectivity index (χ4n) is 3.26. The first-order valence-corrected chi connectivity index (χ1v) is 9.35. The van der Waals surface area contributed by atoms with Gasteiger partial charge in [0.2, 0.25) is 0 Å². The van der Waals surface area contributed by atoms with Gasteiger partial charge in [0.1, 0.15) is 0 Å². The molecule has 1 aromatic heterocycles. The van der Waals surface area contributed by atoms with Crippen LogP contribution in [0.15, 0.2) is 18.2 Å². The molecule has 0 saturated heterocycles. The molecule has 0 aliphatic carbocycles. The number of benzene rings is 1. The summed E-state index contributed by atoms with van der Waals surface area (Å²) < 4.78 is 13.0. The fourth-order valence-corrected chi connectivity index (χ4v) is 3.47. The first-order chi connectivity index (χ1) is 12.5. The van der Waals surface area contributed by atoms with Crippen molar-refractivity contribution < 1.29 is 14.6 Å². The second-order valence-electron chi connectivity index (χ2n) is 6.55. The van der Waals surface area contributed by atoms with Crippen LogP contribution in [-0.2, 0) is 19.6 Å². The molecule has 1 aliphatic heterocycles. The molecule has 142 valence electrons. The number of nitrogens with zero attached hydrogens (tertiary/aromatic N) is 3. The van der Waals surface area contributed by atoms with Crippen molar-refractivity contribution in [3.8, 4) is 11.5 Å². The number of ether oxygens (including phenoxy) is 2. The number of aromatic nitrogens is 2. The lowest BCUT2D eigenvalue weighted by Crippen LogP contribution is -2.23. The molecule has 0 spiro atoms. The van der Waals surface area contributed by atoms with Crippen LogP contribution in [0.25, 0.3) is 0 Å². The van der Waals surface area contributed by atoms with E-state index < -0.39 is 6.10 Å². The second kappa shape index (κ2) is 8.29. The molecule has 2 heterocycles. The highest BCUT2D eigenvalue weighted by Gasteiger charge is 2.20. The predicted molar refractivity (Wildman–Crippen MR) is 101 cm³/mol. The molecule has 0 fully saturated rings. The Morgan fingerprint density at radius 2 is 2.08 bits per heavy atom. The highest BCUT2D eigenvalue weighted by Crippen LogP contribution is 2.34. The van der Waals surface area contributed by atoms with Crippen molar-refractivity contribution in [2.24, 2.45) is 0 Å². The van der Waals surface area contributed by atoms with E-state index in [0.717, 1.165) is 49.6 Å². The molecule has 6 nitrogen and oxygen atoms in total. The van der Waals surface area contributed by atoms with Gasteiger partial charge in [0, 0.05) is 37.3 Å². The summed E-state index contributed by atoms with van der Waals surface area (Å²) in [7, 11) is 1.61. The van der Waals surface area contributed by atoms with Crippen LogP contribution in [0.3, 0.4) is 0 Å². The van der Waals surface area contributed by atoms with Gasteiger partial charge in [-0.15, -0.1) is 0 Å². The van der Waals surface area contributed by atoms with Crippen molar-refractivity contribution >= 4 is 11.6 Å². The minimum atomic E-state index is -0.548. The van der Waals surface area contributed by atoms with Gasteiger partial charge in [-0.2, -0.15) is 5.10 Å². The van der Waals surface area contributed by atoms with Gasteiger partial charge in [-0.05, 0) is 38.0 Å². The first kappa shape index (κ1) is 19.0. The summed E-state index contributed by atoms with van der Waals surface area (Å²) in [4.78, 5) is 2.34. The molecule has 7 heteroatoms. The zero-order valence-corrected chi connectivity index (χ0v) is 16.3. The van der Waals surface area contributed by atoms with Gasteiger partial charge >= 0.3 is 0 Å². The van der Waals surface area contributed by atoms with Crippen LogP contribution in [0, 0.1) is 0 Å². The second-order valence-corrected chi connectivity index (χ2v) is 6.96. The Kier molecular flexibility index (Phi) is 6.06. The molecule has 1 N–H and O–H groups in total. The monoisotopic (exact) mass is 379 g/mol. The number of hydrogen-bond acceptors (Lipinski definition) is 5. The van der Waals surface area contributed by atoms with Crippen LogP contribution in [-0.4, -0.2) is 40.0 Å². The van der Waals surface area contributed by atoms with Gasteiger partial charge in [0.25, 0.3) is 0 Å². The molecule has 0 bridgehead atoms. The molecule has 2 aromatic rings. The largest absolute Gasteiger partial charge is 0.493 e. The number of aliphatic hydroxyl groups excluding tert-OH is 1. The Labute approximate surface area is 159 Å². The molecule has 3 rings (SSSR count). The number of aryl methyl sites for hydroxylation is 1. The maximum atomic E-state index is 9.78. The van der Waals surface area contributed by atoms with E-state index in [9.17, 15) is 5.11 Å². The highest BCUT2D eigenvalue weighted by atomic mass is 35.5. The van der Waals surface area contributed by atoms with E-state index in [4.69, 9.17) is 21.1 Å². The van der Waals surface area contributed by atoms with Crippen molar-refractivity contribution in [2.75, 3.05) is 20.3 Å². The van der Waals surface area contributed by atoms with Crippen LogP contribution in [0.2, 0.25) is 5.02 Å². The molecular formula is C19H26ClN3O3. The summed E-state index contributed by atoms with van der Waals surface area (Å²) in [6, 6.07) is 5.77. The molecule has 0 amide bonds. The minimum Gasteiger partial charge on any atom is -0.493 e. The van der Waals surface area contributed by atoms with E-state index in [1.807, 2.05) is 29.8 Å². The maximum Gasteiger partial charge on any atom is 0.162 e. The molecule has 1 atom stereocenters. The van der Waals surface area contributed by atoms with Gasteiger partial charge in [-0.3, -0.25) is 9.58 Å². The van der Waals surface area contributed by atoms with Crippen LogP contribution in [0.1, 0.15) is 43.3 Å². The predicted octanol–water partition coefficient (Wildman–Crippen LogP) is 3.40. The quantitative estimate of drug-likeness (QED) is 0.833. The fraction of sp³-hybridized carbons (Fsp3) is 0.526.